The summed E-state index contributed by atoms with van der Waals surface area (Å²) in [6, 6.07) is 14.6. The fraction of sp³-hybridized carbons (Fsp3) is 0. The summed E-state index contributed by atoms with van der Waals surface area (Å²) in [4.78, 5) is 18.8. The Labute approximate surface area is 130 Å². The Hall–Kier alpha value is -3.41. The van der Waals surface area contributed by atoms with Crippen LogP contribution in [0.3, 0.4) is 0 Å². The van der Waals surface area contributed by atoms with Gasteiger partial charge in [0.15, 0.2) is 5.88 Å². The standard InChI is InChI=1S/C17H12N4O2/c22-14-10-13-15(17(23)19-14)16(11-6-8-18-9-7-11)21(20-13)12-4-2-1-3-5-12/h1-10,22H,(H,19,23). The highest BCUT2D eigenvalue weighted by Gasteiger charge is 2.18. The summed E-state index contributed by atoms with van der Waals surface area (Å²) in [6.07, 6.45) is 3.33. The third-order valence-electron chi connectivity index (χ3n) is 3.61. The van der Waals surface area contributed by atoms with Crippen molar-refractivity contribution in [1.29, 1.82) is 0 Å². The number of aromatic amines is 1. The lowest BCUT2D eigenvalue weighted by Gasteiger charge is -2.07. The maximum atomic E-state index is 12.4. The van der Waals surface area contributed by atoms with E-state index in [1.165, 1.54) is 6.07 Å². The van der Waals surface area contributed by atoms with E-state index in [9.17, 15) is 9.90 Å². The van der Waals surface area contributed by atoms with Gasteiger partial charge < -0.3 is 5.11 Å². The Kier molecular flexibility index (Phi) is 2.94. The molecule has 6 nitrogen and oxygen atoms in total. The van der Waals surface area contributed by atoms with Crippen molar-refractivity contribution in [2.75, 3.05) is 0 Å². The Morgan fingerprint density at radius 3 is 2.52 bits per heavy atom. The number of fused-ring (bicyclic) bond motifs is 1. The molecule has 4 rings (SSSR count). The number of nitrogens with zero attached hydrogens (tertiary/aromatic N) is 3. The molecule has 112 valence electrons. The van der Waals surface area contributed by atoms with Crippen LogP contribution >= 0.6 is 0 Å². The van der Waals surface area contributed by atoms with Crippen molar-refractivity contribution in [3.8, 4) is 22.8 Å². The van der Waals surface area contributed by atoms with Crippen LogP contribution in [0.25, 0.3) is 27.8 Å². The predicted octanol–water partition coefficient (Wildman–Crippen LogP) is 2.48. The topological polar surface area (TPSA) is 83.8 Å². The normalized spacial score (nSPS) is 11.0. The highest BCUT2D eigenvalue weighted by Crippen LogP contribution is 2.29. The van der Waals surface area contributed by atoms with Crippen LogP contribution in [0, 0.1) is 0 Å². The predicted molar refractivity (Wildman–Crippen MR) is 86.6 cm³/mol. The highest BCUT2D eigenvalue weighted by molar-refractivity contribution is 5.93. The van der Waals surface area contributed by atoms with Gasteiger partial charge in [0, 0.05) is 24.0 Å². The van der Waals surface area contributed by atoms with E-state index in [1.807, 2.05) is 42.5 Å². The lowest BCUT2D eigenvalue weighted by atomic mass is 10.1. The number of pyridine rings is 2. The van der Waals surface area contributed by atoms with Crippen LogP contribution in [-0.4, -0.2) is 24.9 Å². The first-order chi connectivity index (χ1) is 11.2. The molecule has 3 aromatic heterocycles. The number of aromatic nitrogens is 4. The van der Waals surface area contributed by atoms with Crippen LogP contribution in [0.1, 0.15) is 0 Å². The fourth-order valence-electron chi connectivity index (χ4n) is 2.64. The first-order valence-electron chi connectivity index (χ1n) is 7.05. The van der Waals surface area contributed by atoms with E-state index in [2.05, 4.69) is 15.1 Å². The van der Waals surface area contributed by atoms with Gasteiger partial charge >= 0.3 is 0 Å². The second kappa shape index (κ2) is 5.10. The molecule has 6 heteroatoms. The van der Waals surface area contributed by atoms with Crippen molar-refractivity contribution < 1.29 is 5.11 Å². The van der Waals surface area contributed by atoms with Crippen LogP contribution < -0.4 is 5.56 Å². The average molecular weight is 304 g/mol. The Balaban J connectivity index is 2.14. The molecule has 23 heavy (non-hydrogen) atoms. The lowest BCUT2D eigenvalue weighted by Crippen LogP contribution is -2.06. The number of rotatable bonds is 2. The monoisotopic (exact) mass is 304 g/mol. The fourth-order valence-corrected chi connectivity index (χ4v) is 2.64. The molecule has 1 aromatic carbocycles. The Morgan fingerprint density at radius 1 is 1.04 bits per heavy atom. The van der Waals surface area contributed by atoms with Gasteiger partial charge in [-0.15, -0.1) is 0 Å². The van der Waals surface area contributed by atoms with Crippen LogP contribution in [0.2, 0.25) is 0 Å². The zero-order valence-electron chi connectivity index (χ0n) is 12.0. The number of hydrogen-bond acceptors (Lipinski definition) is 4. The number of benzene rings is 1. The van der Waals surface area contributed by atoms with Crippen molar-refractivity contribution in [3.63, 3.8) is 0 Å². The van der Waals surface area contributed by atoms with Gasteiger partial charge in [0.25, 0.3) is 5.56 Å². The largest absolute Gasteiger partial charge is 0.494 e. The first kappa shape index (κ1) is 13.3. The molecule has 0 unspecified atom stereocenters. The molecule has 4 aromatic rings. The molecule has 2 N–H and O–H groups in total. The van der Waals surface area contributed by atoms with E-state index in [1.54, 1.807) is 17.1 Å². The summed E-state index contributed by atoms with van der Waals surface area (Å²) in [5.41, 5.74) is 2.36. The van der Waals surface area contributed by atoms with E-state index < -0.39 is 0 Å². The SMILES string of the molecule is O=c1[nH]c(O)cc2nn(-c3ccccc3)c(-c3ccncc3)c12. The summed E-state index contributed by atoms with van der Waals surface area (Å²) < 4.78 is 1.70. The van der Waals surface area contributed by atoms with Crippen molar-refractivity contribution >= 4 is 10.9 Å². The number of hydrogen-bond donors (Lipinski definition) is 2. The maximum Gasteiger partial charge on any atom is 0.262 e. The third-order valence-corrected chi connectivity index (χ3v) is 3.61. The summed E-state index contributed by atoms with van der Waals surface area (Å²) in [5, 5.41) is 14.6. The quantitative estimate of drug-likeness (QED) is 0.596. The van der Waals surface area contributed by atoms with E-state index >= 15 is 0 Å². The zero-order valence-corrected chi connectivity index (χ0v) is 12.0. The molecule has 0 atom stereocenters. The molecular weight excluding hydrogens is 292 g/mol. The minimum absolute atomic E-state index is 0.207. The summed E-state index contributed by atoms with van der Waals surface area (Å²) in [5.74, 6) is -0.207. The van der Waals surface area contributed by atoms with E-state index in [0.717, 1.165) is 11.3 Å². The zero-order chi connectivity index (χ0) is 15.8. The second-order valence-corrected chi connectivity index (χ2v) is 5.08. The molecule has 0 aliphatic heterocycles. The third kappa shape index (κ3) is 2.17. The van der Waals surface area contributed by atoms with Gasteiger partial charge in [0.2, 0.25) is 0 Å². The number of aromatic hydroxyl groups is 1. The van der Waals surface area contributed by atoms with Gasteiger partial charge in [-0.25, -0.2) is 4.68 Å². The molecule has 0 amide bonds. The van der Waals surface area contributed by atoms with Crippen LogP contribution in [0.4, 0.5) is 0 Å². The van der Waals surface area contributed by atoms with Gasteiger partial charge in [-0.2, -0.15) is 5.10 Å². The van der Waals surface area contributed by atoms with E-state index in [0.29, 0.717) is 16.6 Å². The van der Waals surface area contributed by atoms with Crippen LogP contribution in [0.15, 0.2) is 65.7 Å². The van der Waals surface area contributed by atoms with Gasteiger partial charge in [0.05, 0.1) is 16.8 Å². The van der Waals surface area contributed by atoms with Gasteiger partial charge in [-0.05, 0) is 24.3 Å². The molecular formula is C17H12N4O2. The molecule has 0 saturated carbocycles. The van der Waals surface area contributed by atoms with Crippen molar-refractivity contribution in [1.82, 2.24) is 19.7 Å². The molecule has 3 heterocycles. The van der Waals surface area contributed by atoms with Crippen molar-refractivity contribution in [3.05, 3.63) is 71.3 Å². The molecule has 0 saturated heterocycles. The number of para-hydroxylation sites is 1. The van der Waals surface area contributed by atoms with Gasteiger partial charge in [-0.1, -0.05) is 18.2 Å². The molecule has 0 aliphatic rings. The average Bonchev–Trinajstić information content (AvgIpc) is 2.96. The minimum atomic E-state index is -0.381. The van der Waals surface area contributed by atoms with Gasteiger partial charge in [0.1, 0.15) is 5.52 Å². The van der Waals surface area contributed by atoms with Gasteiger partial charge in [-0.3, -0.25) is 14.8 Å². The molecule has 0 fully saturated rings. The van der Waals surface area contributed by atoms with Crippen molar-refractivity contribution in [2.24, 2.45) is 0 Å². The second-order valence-electron chi connectivity index (χ2n) is 5.08. The molecule has 0 aliphatic carbocycles. The molecule has 0 bridgehead atoms. The summed E-state index contributed by atoms with van der Waals surface area (Å²) >= 11 is 0. The molecule has 0 spiro atoms. The minimum Gasteiger partial charge on any atom is -0.494 e. The number of H-pyrrole nitrogens is 1. The Bertz CT molecular complexity index is 1040. The lowest BCUT2D eigenvalue weighted by molar-refractivity contribution is 0.453. The van der Waals surface area contributed by atoms with Crippen LogP contribution in [-0.2, 0) is 0 Å². The van der Waals surface area contributed by atoms with E-state index in [-0.39, 0.29) is 11.4 Å². The first-order valence-corrected chi connectivity index (χ1v) is 7.05. The highest BCUT2D eigenvalue weighted by atomic mass is 16.3. The maximum absolute atomic E-state index is 12.4. The van der Waals surface area contributed by atoms with Crippen molar-refractivity contribution in [2.45, 2.75) is 0 Å². The van der Waals surface area contributed by atoms with E-state index in [4.69, 9.17) is 0 Å². The van der Waals surface area contributed by atoms with Crippen LogP contribution in [0.5, 0.6) is 5.88 Å². The molecule has 0 radical (unpaired) electrons. The summed E-state index contributed by atoms with van der Waals surface area (Å²) in [7, 11) is 0. The Morgan fingerprint density at radius 2 is 1.78 bits per heavy atom. The smallest absolute Gasteiger partial charge is 0.262 e. The summed E-state index contributed by atoms with van der Waals surface area (Å²) in [6.45, 7) is 0. The number of nitrogens with one attached hydrogen (secondary N) is 1.